The van der Waals surface area contributed by atoms with Gasteiger partial charge in [-0.05, 0) is 42.0 Å². The second-order valence-corrected chi connectivity index (χ2v) is 7.52. The van der Waals surface area contributed by atoms with E-state index in [2.05, 4.69) is 30.6 Å². The second-order valence-electron chi connectivity index (χ2n) is 6.14. The van der Waals surface area contributed by atoms with Crippen LogP contribution < -0.4 is 5.32 Å². The number of pyridine rings is 1. The van der Waals surface area contributed by atoms with Crippen LogP contribution in [0.3, 0.4) is 0 Å². The number of amides is 1. The number of halogens is 1. The van der Waals surface area contributed by atoms with Crippen molar-refractivity contribution in [2.45, 2.75) is 17.5 Å². The molecule has 0 atom stereocenters. The molecule has 0 aliphatic carbocycles. The van der Waals surface area contributed by atoms with E-state index in [1.807, 2.05) is 24.3 Å². The standard InChI is InChI=1S/C20H16ClN7OS/c21-15-4-6-16(7-5-15)28-17(13-30-20-23-9-2-10-24-20)18(26-27-28)19(29)25-12-14-3-1-8-22-11-14/h1-11H,12-13H2,(H,25,29). The van der Waals surface area contributed by atoms with Gasteiger partial charge in [-0.3, -0.25) is 9.78 Å². The first-order valence-corrected chi connectivity index (χ1v) is 10.3. The van der Waals surface area contributed by atoms with E-state index in [4.69, 9.17) is 11.6 Å². The molecule has 3 aromatic heterocycles. The highest BCUT2D eigenvalue weighted by Crippen LogP contribution is 2.23. The summed E-state index contributed by atoms with van der Waals surface area (Å²) in [7, 11) is 0. The van der Waals surface area contributed by atoms with Crippen molar-refractivity contribution in [2.24, 2.45) is 0 Å². The molecule has 0 radical (unpaired) electrons. The third-order valence-corrected chi connectivity index (χ3v) is 5.24. The van der Waals surface area contributed by atoms with Crippen LogP contribution in [0.4, 0.5) is 0 Å². The first-order chi connectivity index (χ1) is 14.7. The molecule has 0 unspecified atom stereocenters. The third kappa shape index (κ3) is 4.81. The molecule has 150 valence electrons. The normalized spacial score (nSPS) is 10.7. The van der Waals surface area contributed by atoms with E-state index >= 15 is 0 Å². The van der Waals surface area contributed by atoms with Crippen LogP contribution in [0.25, 0.3) is 5.69 Å². The van der Waals surface area contributed by atoms with Crippen LogP contribution in [0.5, 0.6) is 0 Å². The largest absolute Gasteiger partial charge is 0.346 e. The van der Waals surface area contributed by atoms with Crippen molar-refractivity contribution in [3.8, 4) is 5.69 Å². The lowest BCUT2D eigenvalue weighted by molar-refractivity contribution is 0.0945. The quantitative estimate of drug-likeness (QED) is 0.349. The van der Waals surface area contributed by atoms with Gasteiger partial charge in [0.2, 0.25) is 0 Å². The molecule has 10 heteroatoms. The SMILES string of the molecule is O=C(NCc1cccnc1)c1nnn(-c2ccc(Cl)cc2)c1CSc1ncccn1. The molecule has 3 heterocycles. The third-order valence-electron chi connectivity index (χ3n) is 4.11. The molecule has 4 aromatic rings. The summed E-state index contributed by atoms with van der Waals surface area (Å²) in [4.78, 5) is 25.3. The minimum atomic E-state index is -0.316. The Hall–Kier alpha value is -3.30. The molecule has 1 N–H and O–H groups in total. The first kappa shape index (κ1) is 20.0. The van der Waals surface area contributed by atoms with Gasteiger partial charge in [-0.2, -0.15) is 0 Å². The summed E-state index contributed by atoms with van der Waals surface area (Å²) in [5, 5.41) is 12.4. The van der Waals surface area contributed by atoms with E-state index in [1.54, 1.807) is 47.7 Å². The number of thioether (sulfide) groups is 1. The van der Waals surface area contributed by atoms with Crippen molar-refractivity contribution in [2.75, 3.05) is 0 Å². The van der Waals surface area contributed by atoms with Crippen molar-refractivity contribution in [3.63, 3.8) is 0 Å². The maximum absolute atomic E-state index is 12.8. The summed E-state index contributed by atoms with van der Waals surface area (Å²) in [6.45, 7) is 0.342. The Kier molecular flexibility index (Phi) is 6.31. The number of hydrogen-bond donors (Lipinski definition) is 1. The van der Waals surface area contributed by atoms with Crippen molar-refractivity contribution < 1.29 is 4.79 Å². The van der Waals surface area contributed by atoms with Gasteiger partial charge in [-0.25, -0.2) is 14.6 Å². The maximum Gasteiger partial charge on any atom is 0.274 e. The van der Waals surface area contributed by atoms with Crippen molar-refractivity contribution in [1.82, 2.24) is 35.3 Å². The first-order valence-electron chi connectivity index (χ1n) is 8.98. The van der Waals surface area contributed by atoms with Crippen LogP contribution in [0.2, 0.25) is 5.02 Å². The molecule has 30 heavy (non-hydrogen) atoms. The fourth-order valence-electron chi connectivity index (χ4n) is 2.66. The van der Waals surface area contributed by atoms with Crippen LogP contribution in [0.15, 0.2) is 72.4 Å². The van der Waals surface area contributed by atoms with E-state index in [-0.39, 0.29) is 11.6 Å². The molecule has 0 spiro atoms. The van der Waals surface area contributed by atoms with Gasteiger partial charge in [0.1, 0.15) is 0 Å². The zero-order valence-corrected chi connectivity index (χ0v) is 17.2. The Morgan fingerprint density at radius 2 is 1.87 bits per heavy atom. The van der Waals surface area contributed by atoms with Crippen molar-refractivity contribution in [1.29, 1.82) is 0 Å². The van der Waals surface area contributed by atoms with Crippen LogP contribution in [-0.4, -0.2) is 35.9 Å². The van der Waals surface area contributed by atoms with Crippen LogP contribution >= 0.6 is 23.4 Å². The van der Waals surface area contributed by atoms with E-state index < -0.39 is 0 Å². The van der Waals surface area contributed by atoms with Gasteiger partial charge in [-0.1, -0.05) is 34.6 Å². The summed E-state index contributed by atoms with van der Waals surface area (Å²) >= 11 is 7.40. The van der Waals surface area contributed by atoms with E-state index in [1.165, 1.54) is 11.8 Å². The Labute approximate surface area is 181 Å². The van der Waals surface area contributed by atoms with Crippen LogP contribution in [-0.2, 0) is 12.3 Å². The molecular weight excluding hydrogens is 422 g/mol. The highest BCUT2D eigenvalue weighted by Gasteiger charge is 2.21. The number of carbonyl (C=O) groups is 1. The van der Waals surface area contributed by atoms with Gasteiger partial charge in [0, 0.05) is 42.1 Å². The summed E-state index contributed by atoms with van der Waals surface area (Å²) in [6, 6.07) is 12.6. The minimum absolute atomic E-state index is 0.247. The van der Waals surface area contributed by atoms with Gasteiger partial charge in [0.25, 0.3) is 5.91 Å². The number of benzene rings is 1. The summed E-state index contributed by atoms with van der Waals surface area (Å²) in [5.74, 6) is 0.0959. The highest BCUT2D eigenvalue weighted by atomic mass is 35.5. The molecule has 1 amide bonds. The molecule has 0 saturated heterocycles. The average Bonchev–Trinajstić information content (AvgIpc) is 3.22. The molecular formula is C20H16ClN7OS. The Morgan fingerprint density at radius 3 is 2.60 bits per heavy atom. The van der Waals surface area contributed by atoms with Gasteiger partial charge in [-0.15, -0.1) is 5.10 Å². The number of aromatic nitrogens is 6. The number of nitrogens with one attached hydrogen (secondary N) is 1. The molecule has 0 fully saturated rings. The zero-order valence-electron chi connectivity index (χ0n) is 15.6. The number of rotatable bonds is 7. The topological polar surface area (TPSA) is 98.5 Å². The minimum Gasteiger partial charge on any atom is -0.346 e. The predicted octanol–water partition coefficient (Wildman–Crippen LogP) is 3.33. The molecule has 4 rings (SSSR count). The van der Waals surface area contributed by atoms with Gasteiger partial charge >= 0.3 is 0 Å². The fraction of sp³-hybridized carbons (Fsp3) is 0.100. The Morgan fingerprint density at radius 1 is 1.07 bits per heavy atom. The van der Waals surface area contributed by atoms with Crippen LogP contribution in [0, 0.1) is 0 Å². The molecule has 0 aliphatic heterocycles. The van der Waals surface area contributed by atoms with Crippen LogP contribution in [0.1, 0.15) is 21.7 Å². The number of hydrogen-bond acceptors (Lipinski definition) is 7. The second kappa shape index (κ2) is 9.47. The molecule has 0 bridgehead atoms. The van der Waals surface area contributed by atoms with E-state index in [0.717, 1.165) is 11.3 Å². The van der Waals surface area contributed by atoms with Gasteiger partial charge < -0.3 is 5.32 Å². The van der Waals surface area contributed by atoms with Gasteiger partial charge in [0.15, 0.2) is 10.9 Å². The Balaban J connectivity index is 1.60. The monoisotopic (exact) mass is 437 g/mol. The molecule has 8 nitrogen and oxygen atoms in total. The summed E-state index contributed by atoms with van der Waals surface area (Å²) in [6.07, 6.45) is 6.73. The number of nitrogens with zero attached hydrogens (tertiary/aromatic N) is 6. The lowest BCUT2D eigenvalue weighted by Gasteiger charge is -2.08. The number of carbonyl (C=O) groups excluding carboxylic acids is 1. The highest BCUT2D eigenvalue weighted by molar-refractivity contribution is 7.98. The molecule has 1 aromatic carbocycles. The van der Waals surface area contributed by atoms with Crippen molar-refractivity contribution in [3.05, 3.63) is 89.2 Å². The molecule has 0 aliphatic rings. The zero-order chi connectivity index (χ0) is 20.8. The summed E-state index contributed by atoms with van der Waals surface area (Å²) in [5.41, 5.74) is 2.53. The van der Waals surface area contributed by atoms with E-state index in [9.17, 15) is 4.79 Å². The van der Waals surface area contributed by atoms with E-state index in [0.29, 0.717) is 28.2 Å². The average molecular weight is 438 g/mol. The smallest absolute Gasteiger partial charge is 0.274 e. The lowest BCUT2D eigenvalue weighted by atomic mass is 10.2. The fourth-order valence-corrected chi connectivity index (χ4v) is 3.58. The van der Waals surface area contributed by atoms with Gasteiger partial charge in [0.05, 0.1) is 11.4 Å². The maximum atomic E-state index is 12.8. The Bertz CT molecular complexity index is 1120. The molecule has 0 saturated carbocycles. The summed E-state index contributed by atoms with van der Waals surface area (Å²) < 4.78 is 1.63. The predicted molar refractivity (Wildman–Crippen MR) is 113 cm³/mol. The lowest BCUT2D eigenvalue weighted by Crippen LogP contribution is -2.24. The van der Waals surface area contributed by atoms with Crippen molar-refractivity contribution >= 4 is 29.3 Å².